The minimum Gasteiger partial charge on any atom is -0.390 e. The zero-order chi connectivity index (χ0) is 69.9. The lowest BCUT2D eigenvalue weighted by Crippen LogP contribution is -2.63. The first-order valence-corrected chi connectivity index (χ1v) is 33.0. The minimum absolute atomic E-state index is 0.0123. The van der Waals surface area contributed by atoms with E-state index in [0.717, 1.165) is 24.5 Å². The molecule has 12 atom stereocenters. The second-order valence-electron chi connectivity index (χ2n) is 26.7. The molecule has 1 fully saturated rings. The van der Waals surface area contributed by atoms with E-state index in [0.29, 0.717) is 0 Å². The first-order valence-electron chi connectivity index (χ1n) is 31.4. The number of nitrogens with zero attached hydrogens (tertiary/aromatic N) is 7. The summed E-state index contributed by atoms with van der Waals surface area (Å²) in [4.78, 5) is 189. The number of phosphoric acid groups is 1. The molecule has 0 aromatic rings. The number of nitrogens with one attached hydrogen (secondary N) is 4. The molecule has 1 aliphatic rings. The van der Waals surface area contributed by atoms with Crippen molar-refractivity contribution in [1.82, 2.24) is 55.6 Å². The number of rotatable bonds is 18. The largest absolute Gasteiger partial charge is 0.469 e. The fourth-order valence-corrected chi connectivity index (χ4v) is 11.2. The van der Waals surface area contributed by atoms with Gasteiger partial charge in [-0.3, -0.25) is 57.3 Å². The third-order valence-electron chi connectivity index (χ3n) is 16.4. The molecule has 27 nitrogen and oxygen atoms in total. The molecule has 0 aromatic heterocycles. The summed E-state index contributed by atoms with van der Waals surface area (Å²) >= 11 is 0. The third-order valence-corrected chi connectivity index (χ3v) is 16.9. The van der Waals surface area contributed by atoms with Crippen molar-refractivity contribution in [3.05, 3.63) is 12.2 Å². The van der Waals surface area contributed by atoms with Gasteiger partial charge in [-0.2, -0.15) is 0 Å². The molecule has 7 N–H and O–H groups in total. The second kappa shape index (κ2) is 36.9. The average molecular weight is 1300 g/mol. The minimum atomic E-state index is -5.33. The van der Waals surface area contributed by atoms with Crippen molar-refractivity contribution in [2.24, 2.45) is 41.4 Å². The van der Waals surface area contributed by atoms with Gasteiger partial charge in [0.25, 0.3) is 0 Å². The van der Waals surface area contributed by atoms with Crippen molar-refractivity contribution in [3.63, 3.8) is 0 Å². The smallest absolute Gasteiger partial charge is 0.390 e. The summed E-state index contributed by atoms with van der Waals surface area (Å²) in [6.45, 7) is 25.7. The van der Waals surface area contributed by atoms with E-state index < -0.39 is 170 Å². The van der Waals surface area contributed by atoms with Crippen LogP contribution in [-0.4, -0.2) is 243 Å². The van der Waals surface area contributed by atoms with Gasteiger partial charge >= 0.3 is 7.82 Å². The van der Waals surface area contributed by atoms with Crippen LogP contribution < -0.4 is 21.3 Å². The molecule has 1 saturated heterocycles. The number of allylic oxidation sites excluding steroid dienone is 2. The van der Waals surface area contributed by atoms with Gasteiger partial charge < -0.3 is 70.5 Å². The first kappa shape index (κ1) is 82.0. The molecular weight excluding hydrogens is 1190 g/mol. The van der Waals surface area contributed by atoms with Gasteiger partial charge in [-0.1, -0.05) is 109 Å². The van der Waals surface area contributed by atoms with Gasteiger partial charge in [0.1, 0.15) is 60.4 Å². The SMILES string of the molecule is C/C=C/C[C@@H](C)[C@@H](O)[C@H]1C(=O)N[C@@H](CC)C(=O)N(C)CC(=O)N(C)[C@@H](CC(C)C)C(=O)N[C@@H](C(C)C)C(=O)N(C)[C@@H](CC(C)C)C(=O)N[C@@H](C)C(=O)N[C@H](COP(=O)(O)O)C(=O)N(C)[C@@H](CC(C)C)C(=O)N(C)[C@@H](CC(C)C)C(=O)N(C)[C@@H](C(C)C)C(=O)N1C. The predicted octanol–water partition coefficient (Wildman–Crippen LogP) is 2.36. The molecule has 11 amide bonds. The monoisotopic (exact) mass is 1300 g/mol. The molecule has 90 heavy (non-hydrogen) atoms. The van der Waals surface area contributed by atoms with E-state index in [4.69, 9.17) is 4.52 Å². The highest BCUT2D eigenvalue weighted by Gasteiger charge is 2.46. The Balaban J connectivity index is 4.47. The predicted molar refractivity (Wildman–Crippen MR) is 341 cm³/mol. The number of aliphatic hydroxyl groups is 1. The number of phosphoric ester groups is 1. The molecule has 0 bridgehead atoms. The summed E-state index contributed by atoms with van der Waals surface area (Å²) < 4.78 is 16.9. The lowest BCUT2D eigenvalue weighted by Gasteiger charge is -2.41. The van der Waals surface area contributed by atoms with Crippen molar-refractivity contribution in [2.75, 3.05) is 62.5 Å². The van der Waals surface area contributed by atoms with Gasteiger partial charge in [-0.05, 0) is 93.8 Å². The zero-order valence-corrected chi connectivity index (χ0v) is 58.8. The number of hydrogen-bond donors (Lipinski definition) is 7. The van der Waals surface area contributed by atoms with Gasteiger partial charge in [0.15, 0.2) is 0 Å². The molecule has 0 aromatic carbocycles. The van der Waals surface area contributed by atoms with E-state index in [2.05, 4.69) is 21.3 Å². The van der Waals surface area contributed by atoms with Crippen LogP contribution in [0, 0.1) is 41.4 Å². The second-order valence-corrected chi connectivity index (χ2v) is 27.9. The van der Waals surface area contributed by atoms with Crippen LogP contribution in [0.25, 0.3) is 0 Å². The Labute approximate surface area is 535 Å². The van der Waals surface area contributed by atoms with E-state index in [1.165, 1.54) is 66.1 Å². The number of amides is 11. The molecular formula is C62H112N11O16P. The number of hydrogen-bond acceptors (Lipinski definition) is 14. The van der Waals surface area contributed by atoms with Gasteiger partial charge in [-0.15, -0.1) is 0 Å². The molecule has 0 aliphatic carbocycles. The van der Waals surface area contributed by atoms with Crippen LogP contribution in [0.4, 0.5) is 0 Å². The van der Waals surface area contributed by atoms with Crippen molar-refractivity contribution in [1.29, 1.82) is 0 Å². The molecule has 0 spiro atoms. The maximum atomic E-state index is 15.2. The fraction of sp³-hybridized carbons (Fsp3) is 0.790. The Kier molecular flexibility index (Phi) is 33.6. The van der Waals surface area contributed by atoms with Gasteiger partial charge in [-0.25, -0.2) is 4.57 Å². The number of aliphatic hydroxyl groups excluding tert-OH is 1. The van der Waals surface area contributed by atoms with E-state index in [9.17, 15) is 57.8 Å². The fourth-order valence-electron chi connectivity index (χ4n) is 10.9. The summed E-state index contributed by atoms with van der Waals surface area (Å²) in [5.41, 5.74) is 0. The van der Waals surface area contributed by atoms with Crippen molar-refractivity contribution in [2.45, 2.75) is 216 Å². The van der Waals surface area contributed by atoms with Gasteiger partial charge in [0, 0.05) is 49.3 Å². The molecule has 1 aliphatic heterocycles. The Morgan fingerprint density at radius 2 is 0.933 bits per heavy atom. The Morgan fingerprint density at radius 1 is 0.511 bits per heavy atom. The number of carbonyl (C=O) groups is 11. The first-order chi connectivity index (χ1) is 41.4. The van der Waals surface area contributed by atoms with Crippen LogP contribution in [-0.2, 0) is 61.8 Å². The third kappa shape index (κ3) is 23.9. The average Bonchev–Trinajstić information content (AvgIpc) is 0.849. The maximum Gasteiger partial charge on any atom is 0.469 e. The molecule has 516 valence electrons. The quantitative estimate of drug-likeness (QED) is 0.0765. The normalized spacial score (nSPS) is 26.3. The van der Waals surface area contributed by atoms with Crippen LogP contribution in [0.5, 0.6) is 0 Å². The highest BCUT2D eigenvalue weighted by molar-refractivity contribution is 7.46. The summed E-state index contributed by atoms with van der Waals surface area (Å²) in [6, 6.07) is -14.1. The van der Waals surface area contributed by atoms with Crippen LogP contribution in [0.15, 0.2) is 12.2 Å². The standard InChI is InChI=1S/C62H112N11O16P/c1-24-26-27-40(15)52(75)51-56(79)64-42(25-2)57(80)67(17)32-48(74)68(18)44(28-34(3)4)55(78)66-49(38(11)12)61(84)69(19)45(29-35(5)6)54(77)63-41(16)53(76)65-43(33-89-90(86,87)88)58(81)70(20)46(30-36(7)8)59(82)71(21)47(31-37(9)10)60(83)72(22)50(39(13)14)62(85)73(51)23/h24,26,34-47,49-52,75H,25,27-33H2,1-23H3,(H,63,77)(H,64,79)(H,65,76)(H,66,78)(H2,86,87,88)/b26-24+/t40-,41+,42+,43-,44+,45+,46+,47+,49+,50+,51+,52-/m1/s1. The van der Waals surface area contributed by atoms with Crippen LogP contribution in [0.1, 0.15) is 149 Å². The van der Waals surface area contributed by atoms with Crippen LogP contribution in [0.2, 0.25) is 0 Å². The summed E-state index contributed by atoms with van der Waals surface area (Å²) in [5, 5.41) is 22.6. The molecule has 28 heteroatoms. The molecule has 1 rings (SSSR count). The highest BCUT2D eigenvalue weighted by atomic mass is 31.2. The zero-order valence-electron chi connectivity index (χ0n) is 57.9. The van der Waals surface area contributed by atoms with Crippen molar-refractivity contribution >= 4 is 72.8 Å². The summed E-state index contributed by atoms with van der Waals surface area (Å²) in [5.74, 6) is -11.8. The van der Waals surface area contributed by atoms with E-state index >= 15 is 14.4 Å². The van der Waals surface area contributed by atoms with Crippen LogP contribution >= 0.6 is 7.82 Å². The highest BCUT2D eigenvalue weighted by Crippen LogP contribution is 2.36. The maximum absolute atomic E-state index is 15.2. The Hall–Kier alpha value is -6.02. The lowest BCUT2D eigenvalue weighted by molar-refractivity contribution is -0.157. The molecule has 1 heterocycles. The van der Waals surface area contributed by atoms with E-state index in [1.807, 2.05) is 27.7 Å². The Morgan fingerprint density at radius 3 is 1.38 bits per heavy atom. The van der Waals surface area contributed by atoms with Crippen LogP contribution in [0.3, 0.4) is 0 Å². The summed E-state index contributed by atoms with van der Waals surface area (Å²) in [7, 11) is 4.03. The van der Waals surface area contributed by atoms with Gasteiger partial charge in [0.2, 0.25) is 65.0 Å². The lowest BCUT2D eigenvalue weighted by atomic mass is 9.91. The van der Waals surface area contributed by atoms with Crippen molar-refractivity contribution in [3.8, 4) is 0 Å². The van der Waals surface area contributed by atoms with E-state index in [1.54, 1.807) is 88.3 Å². The molecule has 0 unspecified atom stereocenters. The topological polar surface area (TPSA) is 346 Å². The number of carbonyl (C=O) groups excluding carboxylic acids is 11. The molecule has 0 saturated carbocycles. The molecule has 0 radical (unpaired) electrons. The Bertz CT molecular complexity index is 2540. The summed E-state index contributed by atoms with van der Waals surface area (Å²) in [6.07, 6.45) is 2.40. The van der Waals surface area contributed by atoms with Crippen molar-refractivity contribution < 1.29 is 76.7 Å². The van der Waals surface area contributed by atoms with Gasteiger partial charge in [0.05, 0.1) is 19.3 Å². The number of likely N-dealkylation sites (N-methyl/N-ethyl adjacent to an activating group) is 7. The van der Waals surface area contributed by atoms with E-state index in [-0.39, 0.29) is 62.2 Å².